The Morgan fingerprint density at radius 3 is 2.39 bits per heavy atom. The van der Waals surface area contributed by atoms with E-state index in [1.165, 1.54) is 0 Å². The highest BCUT2D eigenvalue weighted by atomic mass is 16.5. The number of esters is 1. The summed E-state index contributed by atoms with van der Waals surface area (Å²) >= 11 is 0. The van der Waals surface area contributed by atoms with Crippen molar-refractivity contribution in [2.75, 3.05) is 31.7 Å². The molecular formula is C30H36N2O4. The second-order valence-electron chi connectivity index (χ2n) is 9.28. The summed E-state index contributed by atoms with van der Waals surface area (Å²) < 4.78 is 10.8. The summed E-state index contributed by atoms with van der Waals surface area (Å²) in [6.45, 7) is 10.1. The Hall–Kier alpha value is -3.54. The molecule has 1 aliphatic carbocycles. The second-order valence-corrected chi connectivity index (χ2v) is 9.28. The van der Waals surface area contributed by atoms with Gasteiger partial charge in [0.25, 0.3) is 0 Å². The second kappa shape index (κ2) is 11.0. The van der Waals surface area contributed by atoms with Crippen molar-refractivity contribution < 1.29 is 19.1 Å². The van der Waals surface area contributed by atoms with Gasteiger partial charge in [0.05, 0.1) is 19.3 Å². The number of anilines is 1. The average molecular weight is 489 g/mol. The summed E-state index contributed by atoms with van der Waals surface area (Å²) in [5, 5.41) is 3.41. The van der Waals surface area contributed by atoms with Crippen molar-refractivity contribution in [3.63, 3.8) is 0 Å². The van der Waals surface area contributed by atoms with Gasteiger partial charge in [0.15, 0.2) is 5.78 Å². The van der Waals surface area contributed by atoms with E-state index in [1.54, 1.807) is 14.0 Å². The average Bonchev–Trinajstić information content (AvgIpc) is 2.89. The van der Waals surface area contributed by atoms with E-state index in [4.69, 9.17) is 9.47 Å². The standard InChI is InChI=1S/C30H36N2O4/c1-6-32(7-2)23-14-12-20(13-15-23)28-27(30(34)36-8-3)19(4)31-25-17-22(18-26(33)29(25)28)21-10-9-11-24(16-21)35-5/h9-16,22,28,31H,6-8,17-18H2,1-5H3. The first-order valence-electron chi connectivity index (χ1n) is 12.8. The molecule has 1 heterocycles. The molecular weight excluding hydrogens is 452 g/mol. The molecule has 2 aliphatic rings. The van der Waals surface area contributed by atoms with E-state index in [2.05, 4.69) is 36.2 Å². The predicted molar refractivity (Wildman–Crippen MR) is 142 cm³/mol. The quantitative estimate of drug-likeness (QED) is 0.497. The van der Waals surface area contributed by atoms with Gasteiger partial charge >= 0.3 is 5.97 Å². The van der Waals surface area contributed by atoms with Crippen LogP contribution in [-0.4, -0.2) is 38.6 Å². The van der Waals surface area contributed by atoms with Crippen LogP contribution in [0.2, 0.25) is 0 Å². The first-order chi connectivity index (χ1) is 17.4. The van der Waals surface area contributed by atoms with Crippen LogP contribution in [0.15, 0.2) is 71.1 Å². The van der Waals surface area contributed by atoms with Crippen LogP contribution in [0.1, 0.15) is 63.5 Å². The molecule has 0 radical (unpaired) electrons. The summed E-state index contributed by atoms with van der Waals surface area (Å²) in [6, 6.07) is 16.2. The number of carbonyl (C=O) groups is 2. The number of ether oxygens (including phenoxy) is 2. The predicted octanol–water partition coefficient (Wildman–Crippen LogP) is 5.47. The molecule has 4 rings (SSSR count). The molecule has 6 heteroatoms. The molecule has 0 saturated carbocycles. The number of benzene rings is 2. The largest absolute Gasteiger partial charge is 0.497 e. The number of rotatable bonds is 8. The Bertz CT molecular complexity index is 1190. The number of nitrogens with zero attached hydrogens (tertiary/aromatic N) is 1. The molecule has 0 fully saturated rings. The fraction of sp³-hybridized carbons (Fsp3) is 0.400. The van der Waals surface area contributed by atoms with E-state index < -0.39 is 5.92 Å². The third kappa shape index (κ3) is 4.90. The number of dihydropyridines is 1. The van der Waals surface area contributed by atoms with Crippen LogP contribution in [0, 0.1) is 0 Å². The van der Waals surface area contributed by atoms with Crippen molar-refractivity contribution in [3.8, 4) is 5.75 Å². The molecule has 36 heavy (non-hydrogen) atoms. The fourth-order valence-corrected chi connectivity index (χ4v) is 5.45. The van der Waals surface area contributed by atoms with Gasteiger partial charge in [-0.25, -0.2) is 4.79 Å². The molecule has 1 aliphatic heterocycles. The summed E-state index contributed by atoms with van der Waals surface area (Å²) in [4.78, 5) is 29.1. The minimum Gasteiger partial charge on any atom is -0.497 e. The normalized spacial score (nSPS) is 19.5. The van der Waals surface area contributed by atoms with Crippen molar-refractivity contribution in [3.05, 3.63) is 82.2 Å². The monoisotopic (exact) mass is 488 g/mol. The van der Waals surface area contributed by atoms with Gasteiger partial charge in [-0.1, -0.05) is 24.3 Å². The van der Waals surface area contributed by atoms with Gasteiger partial charge in [-0.05, 0) is 75.4 Å². The maximum absolute atomic E-state index is 13.7. The summed E-state index contributed by atoms with van der Waals surface area (Å²) in [7, 11) is 1.65. The van der Waals surface area contributed by atoms with E-state index in [0.717, 1.165) is 47.0 Å². The maximum atomic E-state index is 13.7. The van der Waals surface area contributed by atoms with Crippen LogP contribution < -0.4 is 15.0 Å². The van der Waals surface area contributed by atoms with E-state index in [0.29, 0.717) is 24.0 Å². The third-order valence-electron chi connectivity index (χ3n) is 7.24. The molecule has 2 unspecified atom stereocenters. The van der Waals surface area contributed by atoms with Crippen LogP contribution in [0.3, 0.4) is 0 Å². The Morgan fingerprint density at radius 2 is 1.75 bits per heavy atom. The number of carbonyl (C=O) groups excluding carboxylic acids is 2. The van der Waals surface area contributed by atoms with Gasteiger partial charge in [0.1, 0.15) is 5.75 Å². The fourth-order valence-electron chi connectivity index (χ4n) is 5.45. The summed E-state index contributed by atoms with van der Waals surface area (Å²) in [6.07, 6.45) is 1.08. The van der Waals surface area contributed by atoms with E-state index in [9.17, 15) is 9.59 Å². The molecule has 0 spiro atoms. The van der Waals surface area contributed by atoms with Crippen molar-refractivity contribution in [1.82, 2.24) is 5.32 Å². The lowest BCUT2D eigenvalue weighted by Crippen LogP contribution is -2.36. The Kier molecular flexibility index (Phi) is 7.82. The first kappa shape index (κ1) is 25.5. The molecule has 2 aromatic rings. The highest BCUT2D eigenvalue weighted by Crippen LogP contribution is 2.46. The maximum Gasteiger partial charge on any atom is 0.336 e. The van der Waals surface area contributed by atoms with Crippen LogP contribution >= 0.6 is 0 Å². The number of hydrogen-bond donors (Lipinski definition) is 1. The number of Topliss-reactive ketones (excluding diaryl/α,β-unsaturated/α-hetero) is 1. The number of nitrogens with one attached hydrogen (secondary N) is 1. The minimum atomic E-state index is -0.454. The van der Waals surface area contributed by atoms with Gasteiger partial charge in [0, 0.05) is 48.1 Å². The lowest BCUT2D eigenvalue weighted by molar-refractivity contribution is -0.138. The minimum absolute atomic E-state index is 0.0430. The smallest absolute Gasteiger partial charge is 0.336 e. The Morgan fingerprint density at radius 1 is 1.03 bits per heavy atom. The van der Waals surface area contributed by atoms with Crippen molar-refractivity contribution in [1.29, 1.82) is 0 Å². The van der Waals surface area contributed by atoms with E-state index in [1.807, 2.05) is 43.3 Å². The number of ketones is 1. The molecule has 0 saturated heterocycles. The molecule has 6 nitrogen and oxygen atoms in total. The zero-order valence-corrected chi connectivity index (χ0v) is 21.9. The number of hydrogen-bond acceptors (Lipinski definition) is 6. The zero-order chi connectivity index (χ0) is 25.8. The van der Waals surface area contributed by atoms with Gasteiger partial charge in [-0.2, -0.15) is 0 Å². The van der Waals surface area contributed by atoms with E-state index >= 15 is 0 Å². The number of methoxy groups -OCH3 is 1. The van der Waals surface area contributed by atoms with E-state index in [-0.39, 0.29) is 24.3 Å². The van der Waals surface area contributed by atoms with Crippen molar-refractivity contribution >= 4 is 17.4 Å². The van der Waals surface area contributed by atoms with Gasteiger partial charge in [-0.3, -0.25) is 4.79 Å². The molecule has 2 aromatic carbocycles. The van der Waals surface area contributed by atoms with Crippen LogP contribution in [-0.2, 0) is 14.3 Å². The molecule has 2 atom stereocenters. The lowest BCUT2D eigenvalue weighted by atomic mass is 9.71. The van der Waals surface area contributed by atoms with Crippen molar-refractivity contribution in [2.45, 2.75) is 52.4 Å². The van der Waals surface area contributed by atoms with Crippen LogP contribution in [0.25, 0.3) is 0 Å². The summed E-state index contributed by atoms with van der Waals surface area (Å²) in [5.74, 6) is 0.0488. The zero-order valence-electron chi connectivity index (χ0n) is 21.9. The summed E-state index contributed by atoms with van der Waals surface area (Å²) in [5.41, 5.74) is 5.95. The van der Waals surface area contributed by atoms with Crippen molar-refractivity contribution in [2.24, 2.45) is 0 Å². The molecule has 0 amide bonds. The topological polar surface area (TPSA) is 67.9 Å². The third-order valence-corrected chi connectivity index (χ3v) is 7.24. The Labute approximate surface area is 214 Å². The first-order valence-corrected chi connectivity index (χ1v) is 12.8. The van der Waals surface area contributed by atoms with Gasteiger partial charge in [0.2, 0.25) is 0 Å². The molecule has 1 N–H and O–H groups in total. The van der Waals surface area contributed by atoms with Gasteiger partial charge in [-0.15, -0.1) is 0 Å². The van der Waals surface area contributed by atoms with Crippen LogP contribution in [0.4, 0.5) is 5.69 Å². The molecule has 0 aromatic heterocycles. The van der Waals surface area contributed by atoms with Gasteiger partial charge < -0.3 is 19.7 Å². The molecule has 190 valence electrons. The molecule has 0 bridgehead atoms. The Balaban J connectivity index is 1.76. The van der Waals surface area contributed by atoms with Crippen LogP contribution in [0.5, 0.6) is 5.75 Å². The number of allylic oxidation sites excluding steroid dienone is 3. The lowest BCUT2D eigenvalue weighted by Gasteiger charge is -2.37. The highest BCUT2D eigenvalue weighted by molar-refractivity contribution is 6.04. The highest BCUT2D eigenvalue weighted by Gasteiger charge is 2.41. The SMILES string of the molecule is CCOC(=O)C1=C(C)NC2=C(C(=O)CC(c3cccc(OC)c3)C2)C1c1ccc(N(CC)CC)cc1.